The monoisotopic (exact) mass is 279 g/mol. The molecule has 0 rings (SSSR count). The molecule has 0 aromatic carbocycles. The van der Waals surface area contributed by atoms with E-state index in [4.69, 9.17) is 4.84 Å². The van der Waals surface area contributed by atoms with Crippen molar-refractivity contribution in [1.29, 1.82) is 0 Å². The van der Waals surface area contributed by atoms with E-state index in [2.05, 4.69) is 25.8 Å². The maximum atomic E-state index is 11.3. The standard InChI is InChI=1S/C9H14BrNO4/c1-4-14-9(13)8(7(12)5-10)11-15-6(2)3/h6H,4-5H2,1-3H3. The van der Waals surface area contributed by atoms with Crippen LogP contribution >= 0.6 is 15.9 Å². The van der Waals surface area contributed by atoms with Gasteiger partial charge in [0.1, 0.15) is 6.10 Å². The topological polar surface area (TPSA) is 65.0 Å². The molecule has 15 heavy (non-hydrogen) atoms. The zero-order valence-corrected chi connectivity index (χ0v) is 10.5. The number of hydrogen-bond acceptors (Lipinski definition) is 5. The average Bonchev–Trinajstić information content (AvgIpc) is 2.17. The fourth-order valence-electron chi connectivity index (χ4n) is 0.623. The highest BCUT2D eigenvalue weighted by Gasteiger charge is 2.21. The molecule has 0 aliphatic rings. The Morgan fingerprint density at radius 1 is 1.40 bits per heavy atom. The van der Waals surface area contributed by atoms with Gasteiger partial charge in [0.15, 0.2) is 0 Å². The predicted molar refractivity (Wildman–Crippen MR) is 59.1 cm³/mol. The van der Waals surface area contributed by atoms with E-state index in [1.807, 2.05) is 0 Å². The Hall–Kier alpha value is -0.910. The van der Waals surface area contributed by atoms with Crippen molar-refractivity contribution in [2.75, 3.05) is 11.9 Å². The van der Waals surface area contributed by atoms with Gasteiger partial charge >= 0.3 is 5.97 Å². The van der Waals surface area contributed by atoms with Crippen molar-refractivity contribution < 1.29 is 19.2 Å². The summed E-state index contributed by atoms with van der Waals surface area (Å²) >= 11 is 2.95. The lowest BCUT2D eigenvalue weighted by Gasteiger charge is -2.05. The molecule has 5 nitrogen and oxygen atoms in total. The number of rotatable bonds is 6. The summed E-state index contributed by atoms with van der Waals surface area (Å²) in [6.45, 7) is 5.32. The van der Waals surface area contributed by atoms with Gasteiger partial charge in [-0.05, 0) is 20.8 Å². The molecular weight excluding hydrogens is 266 g/mol. The molecule has 0 saturated heterocycles. The highest BCUT2D eigenvalue weighted by molar-refractivity contribution is 9.09. The number of ketones is 1. The second-order valence-corrected chi connectivity index (χ2v) is 3.43. The number of alkyl halides is 1. The summed E-state index contributed by atoms with van der Waals surface area (Å²) in [5, 5.41) is 3.48. The van der Waals surface area contributed by atoms with Gasteiger partial charge in [-0.2, -0.15) is 0 Å². The molecule has 0 radical (unpaired) electrons. The minimum absolute atomic E-state index is 0.00605. The summed E-state index contributed by atoms with van der Waals surface area (Å²) in [7, 11) is 0. The smallest absolute Gasteiger partial charge is 0.364 e. The molecule has 0 saturated carbocycles. The summed E-state index contributed by atoms with van der Waals surface area (Å²) < 4.78 is 4.67. The van der Waals surface area contributed by atoms with Crippen LogP contribution in [0.1, 0.15) is 20.8 Å². The first-order valence-corrected chi connectivity index (χ1v) is 5.65. The van der Waals surface area contributed by atoms with Crippen molar-refractivity contribution in [3.8, 4) is 0 Å². The fraction of sp³-hybridized carbons (Fsp3) is 0.667. The maximum Gasteiger partial charge on any atom is 0.364 e. The van der Waals surface area contributed by atoms with Gasteiger partial charge in [0, 0.05) is 0 Å². The zero-order valence-electron chi connectivity index (χ0n) is 8.95. The van der Waals surface area contributed by atoms with Gasteiger partial charge in [-0.3, -0.25) is 4.79 Å². The molecule has 0 aliphatic heterocycles. The Balaban J connectivity index is 4.64. The number of nitrogens with zero attached hydrogens (tertiary/aromatic N) is 1. The third kappa shape index (κ3) is 5.51. The van der Waals surface area contributed by atoms with Gasteiger partial charge in [0.05, 0.1) is 11.9 Å². The second kappa shape index (κ2) is 7.39. The Morgan fingerprint density at radius 2 is 2.00 bits per heavy atom. The quantitative estimate of drug-likeness (QED) is 0.242. The van der Waals surface area contributed by atoms with Crippen molar-refractivity contribution in [2.45, 2.75) is 26.9 Å². The van der Waals surface area contributed by atoms with Crippen molar-refractivity contribution in [3.05, 3.63) is 0 Å². The van der Waals surface area contributed by atoms with Gasteiger partial charge < -0.3 is 9.57 Å². The van der Waals surface area contributed by atoms with Gasteiger partial charge in [-0.15, -0.1) is 0 Å². The van der Waals surface area contributed by atoms with Gasteiger partial charge in [0.2, 0.25) is 11.5 Å². The average molecular weight is 280 g/mol. The highest BCUT2D eigenvalue weighted by atomic mass is 79.9. The first kappa shape index (κ1) is 14.1. The second-order valence-electron chi connectivity index (χ2n) is 2.87. The van der Waals surface area contributed by atoms with Crippen LogP contribution in [0.2, 0.25) is 0 Å². The highest BCUT2D eigenvalue weighted by Crippen LogP contribution is 1.96. The number of carbonyl (C=O) groups is 2. The van der Waals surface area contributed by atoms with Crippen LogP contribution in [0, 0.1) is 0 Å². The maximum absolute atomic E-state index is 11.3. The van der Waals surface area contributed by atoms with E-state index in [9.17, 15) is 9.59 Å². The van der Waals surface area contributed by atoms with Gasteiger partial charge in [0.25, 0.3) is 0 Å². The van der Waals surface area contributed by atoms with E-state index < -0.39 is 11.8 Å². The number of esters is 1. The number of halogens is 1. The summed E-state index contributed by atoms with van der Waals surface area (Å²) in [6, 6.07) is 0. The van der Waals surface area contributed by atoms with Crippen LogP contribution in [0.15, 0.2) is 5.16 Å². The molecule has 86 valence electrons. The first-order chi connectivity index (χ1) is 7.02. The zero-order chi connectivity index (χ0) is 11.8. The van der Waals surface area contributed by atoms with Crippen LogP contribution < -0.4 is 0 Å². The Morgan fingerprint density at radius 3 is 2.40 bits per heavy atom. The predicted octanol–water partition coefficient (Wildman–Crippen LogP) is 1.29. The molecule has 0 aromatic rings. The minimum Gasteiger partial charge on any atom is -0.461 e. The molecule has 6 heteroatoms. The van der Waals surface area contributed by atoms with Crippen LogP contribution in [0.25, 0.3) is 0 Å². The van der Waals surface area contributed by atoms with E-state index in [0.29, 0.717) is 0 Å². The lowest BCUT2D eigenvalue weighted by molar-refractivity contribution is -0.136. The van der Waals surface area contributed by atoms with Gasteiger partial charge in [-0.1, -0.05) is 21.1 Å². The largest absolute Gasteiger partial charge is 0.461 e. The van der Waals surface area contributed by atoms with E-state index in [1.54, 1.807) is 20.8 Å². The molecule has 0 aliphatic carbocycles. The molecule has 0 fully saturated rings. The molecule has 0 heterocycles. The van der Waals surface area contributed by atoms with Crippen LogP contribution in [0.3, 0.4) is 0 Å². The summed E-state index contributed by atoms with van der Waals surface area (Å²) in [6.07, 6.45) is -0.197. The van der Waals surface area contributed by atoms with E-state index in [0.717, 1.165) is 0 Å². The Kier molecular flexibility index (Phi) is 6.94. The van der Waals surface area contributed by atoms with Crippen LogP contribution in [-0.4, -0.2) is 35.5 Å². The minimum atomic E-state index is -0.761. The van der Waals surface area contributed by atoms with Crippen molar-refractivity contribution in [3.63, 3.8) is 0 Å². The molecule has 0 N–H and O–H groups in total. The number of carbonyl (C=O) groups excluding carboxylic acids is 2. The van der Waals surface area contributed by atoms with Crippen molar-refractivity contribution in [1.82, 2.24) is 0 Å². The molecule has 0 atom stereocenters. The molecule has 0 aromatic heterocycles. The Bertz CT molecular complexity index is 263. The molecule has 0 bridgehead atoms. The Labute approximate surface area is 96.9 Å². The van der Waals surface area contributed by atoms with E-state index >= 15 is 0 Å². The van der Waals surface area contributed by atoms with E-state index in [-0.39, 0.29) is 23.8 Å². The fourth-order valence-corrected chi connectivity index (χ4v) is 0.888. The third-order valence-corrected chi connectivity index (χ3v) is 1.72. The number of ether oxygens (including phenoxy) is 1. The number of hydrogen-bond donors (Lipinski definition) is 0. The molecule has 0 spiro atoms. The molecular formula is C9H14BrNO4. The van der Waals surface area contributed by atoms with Gasteiger partial charge in [-0.25, -0.2) is 4.79 Å². The number of Topliss-reactive ketones (excluding diaryl/α,β-unsaturated/α-hetero) is 1. The lowest BCUT2D eigenvalue weighted by atomic mass is 10.3. The number of oxime groups is 1. The normalized spacial score (nSPS) is 11.4. The molecule has 0 amide bonds. The summed E-state index contributed by atoms with van der Waals surface area (Å²) in [5.74, 6) is -1.23. The third-order valence-electron chi connectivity index (χ3n) is 1.21. The van der Waals surface area contributed by atoms with Crippen LogP contribution in [0.5, 0.6) is 0 Å². The van der Waals surface area contributed by atoms with Crippen LogP contribution in [0.4, 0.5) is 0 Å². The van der Waals surface area contributed by atoms with E-state index in [1.165, 1.54) is 0 Å². The first-order valence-electron chi connectivity index (χ1n) is 4.53. The lowest BCUT2D eigenvalue weighted by Crippen LogP contribution is -2.28. The molecule has 0 unspecified atom stereocenters. The van der Waals surface area contributed by atoms with Crippen molar-refractivity contribution >= 4 is 33.4 Å². The van der Waals surface area contributed by atoms with Crippen LogP contribution in [-0.2, 0) is 19.2 Å². The van der Waals surface area contributed by atoms with Crippen molar-refractivity contribution in [2.24, 2.45) is 5.16 Å². The summed E-state index contributed by atoms with van der Waals surface area (Å²) in [4.78, 5) is 27.4. The SMILES string of the molecule is CCOC(=O)C(=NOC(C)C)C(=O)CBr. The summed E-state index contributed by atoms with van der Waals surface area (Å²) in [5.41, 5.74) is -0.317.